The number of carboxylic acid groups (broad SMARTS) is 1. The summed E-state index contributed by atoms with van der Waals surface area (Å²) in [6.45, 7) is -0.627. The van der Waals surface area contributed by atoms with Gasteiger partial charge in [-0.3, -0.25) is 9.59 Å². The molecule has 0 aliphatic carbocycles. The lowest BCUT2D eigenvalue weighted by Gasteiger charge is -2.15. The van der Waals surface area contributed by atoms with E-state index >= 15 is 0 Å². The Bertz CT molecular complexity index is 546. The van der Waals surface area contributed by atoms with Gasteiger partial charge in [-0.15, -0.1) is 0 Å². The molecule has 0 saturated heterocycles. The zero-order valence-electron chi connectivity index (χ0n) is 12.5. The zero-order valence-corrected chi connectivity index (χ0v) is 12.5. The van der Waals surface area contributed by atoms with E-state index in [9.17, 15) is 27.9 Å². The minimum absolute atomic E-state index is 0.183. The summed E-state index contributed by atoms with van der Waals surface area (Å²) in [4.78, 5) is 22.6. The van der Waals surface area contributed by atoms with Crippen LogP contribution in [0.4, 0.5) is 13.2 Å². The minimum Gasteiger partial charge on any atom is -0.481 e. The molecule has 1 atom stereocenters. The first kappa shape index (κ1) is 19.0. The molecule has 0 aliphatic heterocycles. The fraction of sp³-hybridized carbons (Fsp3) is 0.467. The van der Waals surface area contributed by atoms with E-state index in [1.54, 1.807) is 12.1 Å². The summed E-state index contributed by atoms with van der Waals surface area (Å²) < 4.78 is 39.8. The van der Waals surface area contributed by atoms with Gasteiger partial charge in [0.15, 0.2) is 0 Å². The molecule has 0 aliphatic rings. The lowest BCUT2D eigenvalue weighted by molar-refractivity contribution is -0.175. The fourth-order valence-corrected chi connectivity index (χ4v) is 1.90. The highest BCUT2D eigenvalue weighted by atomic mass is 19.4. The maximum atomic E-state index is 11.9. The van der Waals surface area contributed by atoms with E-state index in [4.69, 9.17) is 0 Å². The number of hydrogen-bond donors (Lipinski definition) is 2. The molecule has 0 fully saturated rings. The van der Waals surface area contributed by atoms with Crippen LogP contribution in [-0.4, -0.2) is 42.9 Å². The summed E-state index contributed by atoms with van der Waals surface area (Å²) in [6.07, 6.45) is -4.29. The van der Waals surface area contributed by atoms with Crippen LogP contribution in [0.25, 0.3) is 0 Å². The van der Waals surface area contributed by atoms with E-state index in [0.29, 0.717) is 0 Å². The summed E-state index contributed by atoms with van der Waals surface area (Å²) >= 11 is 0. The molecule has 0 heterocycles. The van der Waals surface area contributed by atoms with E-state index in [2.05, 4.69) is 10.1 Å². The first-order chi connectivity index (χ1) is 10.7. The first-order valence-electron chi connectivity index (χ1n) is 6.87. The Labute approximate surface area is 131 Å². The Morgan fingerprint density at radius 2 is 1.96 bits per heavy atom. The lowest BCUT2D eigenvalue weighted by Crippen LogP contribution is -2.36. The van der Waals surface area contributed by atoms with Crippen molar-refractivity contribution in [3.8, 4) is 0 Å². The van der Waals surface area contributed by atoms with Gasteiger partial charge in [0.1, 0.15) is 13.2 Å². The smallest absolute Gasteiger partial charge is 0.411 e. The predicted octanol–water partition coefficient (Wildman–Crippen LogP) is 1.93. The SMILES string of the molecule is Cc1ccccc1C[C@H](CNC(=O)COCC(F)(F)F)C(=O)O. The largest absolute Gasteiger partial charge is 0.481 e. The number of ether oxygens (including phenoxy) is 1. The van der Waals surface area contributed by atoms with Crippen molar-refractivity contribution < 1.29 is 32.6 Å². The van der Waals surface area contributed by atoms with Crippen molar-refractivity contribution in [1.82, 2.24) is 5.32 Å². The van der Waals surface area contributed by atoms with Crippen LogP contribution in [0.5, 0.6) is 0 Å². The molecule has 1 rings (SSSR count). The Balaban J connectivity index is 2.46. The number of carboxylic acids is 1. The van der Waals surface area contributed by atoms with Crippen LogP contribution in [0.2, 0.25) is 0 Å². The third kappa shape index (κ3) is 7.64. The maximum Gasteiger partial charge on any atom is 0.411 e. The Kier molecular flexibility index (Phi) is 7.02. The number of amides is 1. The molecule has 0 bridgehead atoms. The van der Waals surface area contributed by atoms with Crippen molar-refractivity contribution in [2.75, 3.05) is 19.8 Å². The summed E-state index contributed by atoms with van der Waals surface area (Å²) in [6, 6.07) is 7.25. The first-order valence-corrected chi connectivity index (χ1v) is 6.87. The molecule has 5 nitrogen and oxygen atoms in total. The molecule has 0 aromatic heterocycles. The van der Waals surface area contributed by atoms with Crippen LogP contribution in [0.1, 0.15) is 11.1 Å². The van der Waals surface area contributed by atoms with Gasteiger partial charge in [0.2, 0.25) is 5.91 Å². The number of halogens is 3. The molecule has 8 heteroatoms. The van der Waals surface area contributed by atoms with Gasteiger partial charge in [-0.25, -0.2) is 0 Å². The standard InChI is InChI=1S/C15H18F3NO4/c1-10-4-2-3-5-11(10)6-12(14(21)22)7-19-13(20)8-23-9-15(16,17)18/h2-5,12H,6-9H2,1H3,(H,19,20)(H,21,22)/t12-/m1/s1. The van der Waals surface area contributed by atoms with Crippen LogP contribution in [0.3, 0.4) is 0 Å². The van der Waals surface area contributed by atoms with Gasteiger partial charge in [-0.1, -0.05) is 24.3 Å². The molecule has 0 saturated carbocycles. The molecule has 0 radical (unpaired) electrons. The van der Waals surface area contributed by atoms with Crippen LogP contribution < -0.4 is 5.32 Å². The van der Waals surface area contributed by atoms with Crippen molar-refractivity contribution in [3.63, 3.8) is 0 Å². The summed E-state index contributed by atoms with van der Waals surface area (Å²) in [7, 11) is 0. The second kappa shape index (κ2) is 8.52. The molecule has 1 aromatic rings. The van der Waals surface area contributed by atoms with Gasteiger partial charge in [-0.2, -0.15) is 13.2 Å². The van der Waals surface area contributed by atoms with Crippen molar-refractivity contribution in [2.45, 2.75) is 19.5 Å². The van der Waals surface area contributed by atoms with Gasteiger partial charge < -0.3 is 15.2 Å². The molecule has 0 spiro atoms. The van der Waals surface area contributed by atoms with Crippen LogP contribution in [-0.2, 0) is 20.7 Å². The maximum absolute atomic E-state index is 11.9. The van der Waals surface area contributed by atoms with Crippen LogP contribution >= 0.6 is 0 Å². The van der Waals surface area contributed by atoms with Crippen molar-refractivity contribution >= 4 is 11.9 Å². The quantitative estimate of drug-likeness (QED) is 0.762. The van der Waals surface area contributed by atoms with Gasteiger partial charge >= 0.3 is 12.1 Å². The number of rotatable bonds is 8. The molecule has 23 heavy (non-hydrogen) atoms. The van der Waals surface area contributed by atoms with E-state index in [1.807, 2.05) is 19.1 Å². The number of aliphatic carboxylic acids is 1. The van der Waals surface area contributed by atoms with Gasteiger partial charge in [0, 0.05) is 6.54 Å². The predicted molar refractivity (Wildman–Crippen MR) is 75.9 cm³/mol. The topological polar surface area (TPSA) is 75.6 Å². The minimum atomic E-state index is -4.51. The van der Waals surface area contributed by atoms with Crippen LogP contribution in [0.15, 0.2) is 24.3 Å². The summed E-state index contributed by atoms with van der Waals surface area (Å²) in [5, 5.41) is 11.5. The number of benzene rings is 1. The van der Waals surface area contributed by atoms with Crippen molar-refractivity contribution in [3.05, 3.63) is 35.4 Å². The fourth-order valence-electron chi connectivity index (χ4n) is 1.90. The second-order valence-corrected chi connectivity index (χ2v) is 5.08. The Morgan fingerprint density at radius 3 is 2.52 bits per heavy atom. The summed E-state index contributed by atoms with van der Waals surface area (Å²) in [5.74, 6) is -2.75. The number of carbonyl (C=O) groups is 2. The molecule has 1 amide bonds. The highest BCUT2D eigenvalue weighted by molar-refractivity contribution is 5.78. The number of nitrogens with one attached hydrogen (secondary N) is 1. The number of carbonyl (C=O) groups excluding carboxylic acids is 1. The van der Waals surface area contributed by atoms with E-state index in [-0.39, 0.29) is 13.0 Å². The molecular formula is C15H18F3NO4. The van der Waals surface area contributed by atoms with Crippen molar-refractivity contribution in [1.29, 1.82) is 0 Å². The number of aryl methyl sites for hydroxylation is 1. The highest BCUT2D eigenvalue weighted by Gasteiger charge is 2.28. The van der Waals surface area contributed by atoms with E-state index in [0.717, 1.165) is 11.1 Å². The molecule has 2 N–H and O–H groups in total. The molecule has 0 unspecified atom stereocenters. The molecular weight excluding hydrogens is 315 g/mol. The van der Waals surface area contributed by atoms with Crippen LogP contribution in [0, 0.1) is 12.8 Å². The van der Waals surface area contributed by atoms with Gasteiger partial charge in [-0.05, 0) is 24.5 Å². The monoisotopic (exact) mass is 333 g/mol. The van der Waals surface area contributed by atoms with Gasteiger partial charge in [0.25, 0.3) is 0 Å². The van der Waals surface area contributed by atoms with Gasteiger partial charge in [0.05, 0.1) is 5.92 Å². The average molecular weight is 333 g/mol. The second-order valence-electron chi connectivity index (χ2n) is 5.08. The molecule has 1 aromatic carbocycles. The number of alkyl halides is 3. The van der Waals surface area contributed by atoms with E-state index in [1.165, 1.54) is 0 Å². The normalized spacial score (nSPS) is 12.7. The lowest BCUT2D eigenvalue weighted by atomic mass is 9.96. The number of hydrogen-bond acceptors (Lipinski definition) is 3. The Morgan fingerprint density at radius 1 is 1.30 bits per heavy atom. The highest BCUT2D eigenvalue weighted by Crippen LogP contribution is 2.14. The molecule has 128 valence electrons. The summed E-state index contributed by atoms with van der Waals surface area (Å²) in [5.41, 5.74) is 1.76. The third-order valence-electron chi connectivity index (χ3n) is 3.12. The average Bonchev–Trinajstić information content (AvgIpc) is 2.43. The Hall–Kier alpha value is -2.09. The zero-order chi connectivity index (χ0) is 17.5. The van der Waals surface area contributed by atoms with Crippen molar-refractivity contribution in [2.24, 2.45) is 5.92 Å². The van der Waals surface area contributed by atoms with E-state index < -0.39 is 37.2 Å². The third-order valence-corrected chi connectivity index (χ3v) is 3.12.